The molecular weight excluding hydrogens is 202 g/mol. The highest BCUT2D eigenvalue weighted by atomic mass is 19.3. The number of rotatable bonds is 7. The van der Waals surface area contributed by atoms with Crippen LogP contribution in [0.1, 0.15) is 27.2 Å². The summed E-state index contributed by atoms with van der Waals surface area (Å²) in [4.78, 5) is 11.3. The van der Waals surface area contributed by atoms with Crippen molar-refractivity contribution in [2.75, 3.05) is 13.1 Å². The molecule has 1 unspecified atom stereocenters. The van der Waals surface area contributed by atoms with E-state index in [0.717, 1.165) is 6.42 Å². The SMILES string of the molecule is CC(C)CCNC(=O)C(C)NCC(F)F. The van der Waals surface area contributed by atoms with Crippen LogP contribution < -0.4 is 10.6 Å². The predicted molar refractivity (Wildman–Crippen MR) is 55.9 cm³/mol. The van der Waals surface area contributed by atoms with Gasteiger partial charge in [-0.15, -0.1) is 0 Å². The molecule has 0 spiro atoms. The molecule has 0 bridgehead atoms. The fourth-order valence-electron chi connectivity index (χ4n) is 0.996. The van der Waals surface area contributed by atoms with Crippen LogP contribution in [0.4, 0.5) is 8.78 Å². The van der Waals surface area contributed by atoms with Gasteiger partial charge in [-0.05, 0) is 19.3 Å². The molecule has 5 heteroatoms. The van der Waals surface area contributed by atoms with Crippen molar-refractivity contribution in [3.63, 3.8) is 0 Å². The van der Waals surface area contributed by atoms with Gasteiger partial charge in [0.2, 0.25) is 5.91 Å². The minimum Gasteiger partial charge on any atom is -0.355 e. The first-order valence-corrected chi connectivity index (χ1v) is 5.22. The third-order valence-corrected chi connectivity index (χ3v) is 1.99. The molecule has 0 radical (unpaired) electrons. The van der Waals surface area contributed by atoms with Gasteiger partial charge in [-0.2, -0.15) is 0 Å². The summed E-state index contributed by atoms with van der Waals surface area (Å²) in [6.45, 7) is 5.85. The molecule has 0 aromatic rings. The Bertz CT molecular complexity index is 186. The second-order valence-electron chi connectivity index (χ2n) is 3.99. The predicted octanol–water partition coefficient (Wildman–Crippen LogP) is 1.39. The van der Waals surface area contributed by atoms with Crippen LogP contribution in [0.15, 0.2) is 0 Å². The summed E-state index contributed by atoms with van der Waals surface area (Å²) in [5, 5.41) is 5.15. The number of carbonyl (C=O) groups is 1. The monoisotopic (exact) mass is 222 g/mol. The molecule has 0 fully saturated rings. The lowest BCUT2D eigenvalue weighted by Gasteiger charge is -2.14. The van der Waals surface area contributed by atoms with Crippen LogP contribution in [0.25, 0.3) is 0 Å². The molecule has 0 rings (SSSR count). The van der Waals surface area contributed by atoms with E-state index in [1.165, 1.54) is 0 Å². The lowest BCUT2D eigenvalue weighted by Crippen LogP contribution is -2.44. The van der Waals surface area contributed by atoms with E-state index in [2.05, 4.69) is 24.5 Å². The average molecular weight is 222 g/mol. The van der Waals surface area contributed by atoms with Gasteiger partial charge in [-0.1, -0.05) is 13.8 Å². The Morgan fingerprint density at radius 2 is 1.87 bits per heavy atom. The van der Waals surface area contributed by atoms with E-state index in [4.69, 9.17) is 0 Å². The fourth-order valence-corrected chi connectivity index (χ4v) is 0.996. The van der Waals surface area contributed by atoms with E-state index < -0.39 is 19.0 Å². The van der Waals surface area contributed by atoms with Crippen LogP contribution in [0.3, 0.4) is 0 Å². The Hall–Kier alpha value is -0.710. The standard InChI is InChI=1S/C10H20F2N2O/c1-7(2)4-5-13-10(15)8(3)14-6-9(11)12/h7-9,14H,4-6H2,1-3H3,(H,13,15). The van der Waals surface area contributed by atoms with Crippen molar-refractivity contribution in [1.82, 2.24) is 10.6 Å². The van der Waals surface area contributed by atoms with E-state index in [0.29, 0.717) is 12.5 Å². The van der Waals surface area contributed by atoms with Gasteiger partial charge in [-0.3, -0.25) is 4.79 Å². The van der Waals surface area contributed by atoms with Crippen LogP contribution in [0.2, 0.25) is 0 Å². The minimum absolute atomic E-state index is 0.226. The summed E-state index contributed by atoms with van der Waals surface area (Å²) in [5.74, 6) is 0.297. The fraction of sp³-hybridized carbons (Fsp3) is 0.900. The highest BCUT2D eigenvalue weighted by Gasteiger charge is 2.13. The van der Waals surface area contributed by atoms with Crippen LogP contribution in [-0.2, 0) is 4.79 Å². The molecule has 0 aliphatic carbocycles. The molecule has 2 N–H and O–H groups in total. The zero-order valence-electron chi connectivity index (χ0n) is 9.52. The molecule has 1 amide bonds. The molecule has 3 nitrogen and oxygen atoms in total. The summed E-state index contributed by atoms with van der Waals surface area (Å²) < 4.78 is 23.6. The summed E-state index contributed by atoms with van der Waals surface area (Å²) >= 11 is 0. The lowest BCUT2D eigenvalue weighted by atomic mass is 10.1. The largest absolute Gasteiger partial charge is 0.355 e. The van der Waals surface area contributed by atoms with Crippen LogP contribution >= 0.6 is 0 Å². The molecule has 0 heterocycles. The van der Waals surface area contributed by atoms with E-state index in [9.17, 15) is 13.6 Å². The summed E-state index contributed by atoms with van der Waals surface area (Å²) in [7, 11) is 0. The molecular formula is C10H20F2N2O. The first-order chi connectivity index (χ1) is 6.93. The van der Waals surface area contributed by atoms with E-state index in [1.54, 1.807) is 6.92 Å². The van der Waals surface area contributed by atoms with E-state index in [1.807, 2.05) is 0 Å². The topological polar surface area (TPSA) is 41.1 Å². The number of halogens is 2. The molecule has 15 heavy (non-hydrogen) atoms. The van der Waals surface area contributed by atoms with Crippen LogP contribution in [0.5, 0.6) is 0 Å². The highest BCUT2D eigenvalue weighted by Crippen LogP contribution is 1.96. The number of alkyl halides is 2. The maximum absolute atomic E-state index is 11.8. The molecule has 0 saturated carbocycles. The number of carbonyl (C=O) groups excluding carboxylic acids is 1. The normalized spacial score (nSPS) is 13.3. The quantitative estimate of drug-likeness (QED) is 0.683. The third-order valence-electron chi connectivity index (χ3n) is 1.99. The zero-order chi connectivity index (χ0) is 11.8. The summed E-state index contributed by atoms with van der Waals surface area (Å²) in [6, 6.07) is -0.564. The first-order valence-electron chi connectivity index (χ1n) is 5.22. The molecule has 0 aromatic heterocycles. The Balaban J connectivity index is 3.60. The highest BCUT2D eigenvalue weighted by molar-refractivity contribution is 5.81. The maximum Gasteiger partial charge on any atom is 0.250 e. The zero-order valence-corrected chi connectivity index (χ0v) is 9.52. The molecule has 0 aromatic carbocycles. The van der Waals surface area contributed by atoms with Crippen molar-refractivity contribution in [2.45, 2.75) is 39.7 Å². The second kappa shape index (κ2) is 7.56. The number of hydrogen-bond acceptors (Lipinski definition) is 2. The van der Waals surface area contributed by atoms with Gasteiger partial charge >= 0.3 is 0 Å². The Kier molecular flexibility index (Phi) is 7.21. The van der Waals surface area contributed by atoms with Gasteiger partial charge in [-0.25, -0.2) is 8.78 Å². The second-order valence-corrected chi connectivity index (χ2v) is 3.99. The Labute approximate surface area is 89.6 Å². The van der Waals surface area contributed by atoms with Crippen molar-refractivity contribution in [3.8, 4) is 0 Å². The van der Waals surface area contributed by atoms with Crippen LogP contribution in [0, 0.1) is 5.92 Å². The Morgan fingerprint density at radius 1 is 1.27 bits per heavy atom. The molecule has 0 aliphatic heterocycles. The van der Waals surface area contributed by atoms with Gasteiger partial charge in [0.1, 0.15) is 0 Å². The van der Waals surface area contributed by atoms with Crippen molar-refractivity contribution < 1.29 is 13.6 Å². The third kappa shape index (κ3) is 8.30. The van der Waals surface area contributed by atoms with Gasteiger partial charge in [0.25, 0.3) is 6.43 Å². The van der Waals surface area contributed by atoms with Gasteiger partial charge in [0.05, 0.1) is 12.6 Å². The van der Waals surface area contributed by atoms with Gasteiger partial charge in [0, 0.05) is 6.54 Å². The smallest absolute Gasteiger partial charge is 0.250 e. The van der Waals surface area contributed by atoms with E-state index in [-0.39, 0.29) is 5.91 Å². The first kappa shape index (κ1) is 14.3. The van der Waals surface area contributed by atoms with Gasteiger partial charge < -0.3 is 10.6 Å². The van der Waals surface area contributed by atoms with Gasteiger partial charge in [0.15, 0.2) is 0 Å². The van der Waals surface area contributed by atoms with Crippen molar-refractivity contribution in [2.24, 2.45) is 5.92 Å². The lowest BCUT2D eigenvalue weighted by molar-refractivity contribution is -0.122. The van der Waals surface area contributed by atoms with Crippen molar-refractivity contribution >= 4 is 5.91 Å². The summed E-state index contributed by atoms with van der Waals surface area (Å²) in [6.07, 6.45) is -1.52. The number of hydrogen-bond donors (Lipinski definition) is 2. The minimum atomic E-state index is -2.42. The molecule has 1 atom stereocenters. The molecule has 0 saturated heterocycles. The Morgan fingerprint density at radius 3 is 2.33 bits per heavy atom. The molecule has 0 aliphatic rings. The van der Waals surface area contributed by atoms with Crippen molar-refractivity contribution in [1.29, 1.82) is 0 Å². The number of amides is 1. The maximum atomic E-state index is 11.8. The van der Waals surface area contributed by atoms with E-state index >= 15 is 0 Å². The van der Waals surface area contributed by atoms with Crippen molar-refractivity contribution in [3.05, 3.63) is 0 Å². The van der Waals surface area contributed by atoms with Crippen LogP contribution in [-0.4, -0.2) is 31.5 Å². The molecule has 90 valence electrons. The summed E-state index contributed by atoms with van der Waals surface area (Å²) in [5.41, 5.74) is 0. The average Bonchev–Trinajstić information content (AvgIpc) is 2.13. The number of nitrogens with one attached hydrogen (secondary N) is 2.